The number of carbonyl (C=O) groups excluding carboxylic acids is 2. The number of carbonyl (C=O) groups is 2. The summed E-state index contributed by atoms with van der Waals surface area (Å²) in [4.78, 5) is 27.4. The van der Waals surface area contributed by atoms with Gasteiger partial charge in [-0.3, -0.25) is 0 Å². The summed E-state index contributed by atoms with van der Waals surface area (Å²) < 4.78 is 10.9. The van der Waals surface area contributed by atoms with E-state index in [1.165, 1.54) is 0 Å². The number of hydrogen-bond donors (Lipinski definition) is 1. The number of nitrogens with zero attached hydrogens (tertiary/aromatic N) is 1. The second kappa shape index (κ2) is 7.86. The van der Waals surface area contributed by atoms with Crippen molar-refractivity contribution in [2.45, 2.75) is 71.1 Å². The van der Waals surface area contributed by atoms with Gasteiger partial charge in [0.15, 0.2) is 0 Å². The van der Waals surface area contributed by atoms with Gasteiger partial charge in [-0.15, -0.1) is 0 Å². The first-order valence-electron chi connectivity index (χ1n) is 9.89. The number of ether oxygens (including phenoxy) is 2. The van der Waals surface area contributed by atoms with Crippen LogP contribution in [0.15, 0.2) is 29.8 Å². The molecule has 152 valence electrons. The average molecular weight is 387 g/mol. The van der Waals surface area contributed by atoms with Crippen molar-refractivity contribution in [3.8, 4) is 5.75 Å². The zero-order valence-electron chi connectivity index (χ0n) is 17.0. The molecule has 0 aliphatic carbocycles. The lowest BCUT2D eigenvalue weighted by Gasteiger charge is -2.31. The van der Waals surface area contributed by atoms with Crippen LogP contribution in [0.2, 0.25) is 0 Å². The lowest BCUT2D eigenvalue weighted by molar-refractivity contribution is -0.138. The molecule has 1 N–H and O–H groups in total. The minimum absolute atomic E-state index is 0.0180. The molecule has 6 nitrogen and oxygen atoms in total. The predicted octanol–water partition coefficient (Wildman–Crippen LogP) is 4.27. The first kappa shape index (κ1) is 20.2. The quantitative estimate of drug-likeness (QED) is 0.784. The molecule has 2 unspecified atom stereocenters. The van der Waals surface area contributed by atoms with E-state index in [0.29, 0.717) is 25.0 Å². The molecule has 6 heteroatoms. The highest BCUT2D eigenvalue weighted by Gasteiger charge is 2.43. The highest BCUT2D eigenvalue weighted by Crippen LogP contribution is 2.41. The van der Waals surface area contributed by atoms with Crippen molar-refractivity contribution < 1.29 is 24.2 Å². The van der Waals surface area contributed by atoms with E-state index in [4.69, 9.17) is 9.47 Å². The largest absolute Gasteiger partial charge is 0.508 e. The van der Waals surface area contributed by atoms with Crippen LogP contribution in [0.1, 0.15) is 58.9 Å². The Bertz CT molecular complexity index is 775. The molecule has 2 atom stereocenters. The summed E-state index contributed by atoms with van der Waals surface area (Å²) >= 11 is 0. The summed E-state index contributed by atoms with van der Waals surface area (Å²) in [6.07, 6.45) is 2.41. The molecule has 28 heavy (non-hydrogen) atoms. The lowest BCUT2D eigenvalue weighted by Crippen LogP contribution is -2.43. The first-order valence-corrected chi connectivity index (χ1v) is 9.89. The Kier molecular flexibility index (Phi) is 5.68. The van der Waals surface area contributed by atoms with E-state index in [2.05, 4.69) is 0 Å². The second-order valence-corrected chi connectivity index (χ2v) is 8.41. The number of phenolic OH excluding ortho intramolecular Hbond substituents is 1. The fourth-order valence-corrected chi connectivity index (χ4v) is 4.07. The van der Waals surface area contributed by atoms with Crippen LogP contribution in [0.25, 0.3) is 5.57 Å². The van der Waals surface area contributed by atoms with Crippen molar-refractivity contribution in [3.05, 3.63) is 35.4 Å². The molecule has 0 spiro atoms. The summed E-state index contributed by atoms with van der Waals surface area (Å²) in [6, 6.07) is 6.74. The van der Waals surface area contributed by atoms with Crippen molar-refractivity contribution in [1.82, 2.24) is 4.90 Å². The number of rotatable bonds is 3. The van der Waals surface area contributed by atoms with E-state index in [1.54, 1.807) is 31.2 Å². The van der Waals surface area contributed by atoms with Crippen LogP contribution in [0.3, 0.4) is 0 Å². The molecule has 2 heterocycles. The molecule has 2 bridgehead atoms. The second-order valence-electron chi connectivity index (χ2n) is 8.41. The van der Waals surface area contributed by atoms with Gasteiger partial charge in [0.25, 0.3) is 0 Å². The molecular weight excluding hydrogens is 358 g/mol. The molecular formula is C22H29NO5. The smallest absolute Gasteiger partial charge is 0.410 e. The Hall–Kier alpha value is -2.50. The summed E-state index contributed by atoms with van der Waals surface area (Å²) in [5, 5.41) is 9.62. The normalized spacial score (nSPS) is 22.1. The number of phenols is 1. The first-order chi connectivity index (χ1) is 13.2. The molecule has 1 aromatic rings. The maximum absolute atomic E-state index is 12.9. The zero-order valence-corrected chi connectivity index (χ0v) is 17.0. The third kappa shape index (κ3) is 4.32. The fourth-order valence-electron chi connectivity index (χ4n) is 4.07. The van der Waals surface area contributed by atoms with Gasteiger partial charge in [0.1, 0.15) is 11.4 Å². The maximum Gasteiger partial charge on any atom is 0.410 e. The molecule has 0 radical (unpaired) electrons. The van der Waals surface area contributed by atoms with Crippen molar-refractivity contribution in [3.63, 3.8) is 0 Å². The van der Waals surface area contributed by atoms with Gasteiger partial charge < -0.3 is 19.5 Å². The van der Waals surface area contributed by atoms with Crippen molar-refractivity contribution in [2.75, 3.05) is 6.61 Å². The van der Waals surface area contributed by atoms with E-state index < -0.39 is 5.60 Å². The molecule has 3 rings (SSSR count). The van der Waals surface area contributed by atoms with Gasteiger partial charge >= 0.3 is 12.1 Å². The van der Waals surface area contributed by atoms with Crippen LogP contribution in [-0.4, -0.2) is 46.4 Å². The molecule has 1 amide bonds. The number of benzene rings is 1. The van der Waals surface area contributed by atoms with E-state index >= 15 is 0 Å². The highest BCUT2D eigenvalue weighted by molar-refractivity contribution is 5.98. The van der Waals surface area contributed by atoms with Crippen LogP contribution >= 0.6 is 0 Å². The number of aromatic hydroxyl groups is 1. The monoisotopic (exact) mass is 387 g/mol. The summed E-state index contributed by atoms with van der Waals surface area (Å²) in [7, 11) is 0. The maximum atomic E-state index is 12.9. The van der Waals surface area contributed by atoms with Crippen molar-refractivity contribution in [1.29, 1.82) is 0 Å². The van der Waals surface area contributed by atoms with E-state index in [-0.39, 0.29) is 29.9 Å². The van der Waals surface area contributed by atoms with Gasteiger partial charge in [0, 0.05) is 24.1 Å². The predicted molar refractivity (Wildman–Crippen MR) is 106 cm³/mol. The van der Waals surface area contributed by atoms with E-state index in [1.807, 2.05) is 25.7 Å². The van der Waals surface area contributed by atoms with Gasteiger partial charge in [-0.1, -0.05) is 12.1 Å². The van der Waals surface area contributed by atoms with Crippen LogP contribution in [0, 0.1) is 0 Å². The topological polar surface area (TPSA) is 76.1 Å². The van der Waals surface area contributed by atoms with Crippen LogP contribution < -0.4 is 0 Å². The third-order valence-electron chi connectivity index (χ3n) is 5.21. The Morgan fingerprint density at radius 1 is 1.11 bits per heavy atom. The molecule has 2 aliphatic heterocycles. The average Bonchev–Trinajstić information content (AvgIpc) is 2.90. The van der Waals surface area contributed by atoms with Crippen molar-refractivity contribution in [2.24, 2.45) is 0 Å². The molecule has 1 aromatic carbocycles. The Morgan fingerprint density at radius 2 is 1.71 bits per heavy atom. The van der Waals surface area contributed by atoms with Crippen LogP contribution in [0.5, 0.6) is 5.75 Å². The fraction of sp³-hybridized carbons (Fsp3) is 0.545. The van der Waals surface area contributed by atoms with E-state index in [9.17, 15) is 14.7 Å². The molecule has 2 aliphatic rings. The molecule has 0 aromatic heterocycles. The van der Waals surface area contributed by atoms with Gasteiger partial charge in [0.2, 0.25) is 0 Å². The van der Waals surface area contributed by atoms with Gasteiger partial charge in [-0.05, 0) is 70.2 Å². The molecule has 1 fully saturated rings. The SMILES string of the molecule is CCOC(=O)C1=C(c2ccc(O)cc2)CC2CCC(C1)N2C(=O)OC(C)(C)C. The van der Waals surface area contributed by atoms with Gasteiger partial charge in [-0.25, -0.2) is 9.59 Å². The van der Waals surface area contributed by atoms with Crippen LogP contribution in [-0.2, 0) is 14.3 Å². The lowest BCUT2D eigenvalue weighted by atomic mass is 9.89. The minimum atomic E-state index is -0.569. The Balaban J connectivity index is 1.97. The number of hydrogen-bond acceptors (Lipinski definition) is 5. The molecule has 1 saturated heterocycles. The van der Waals surface area contributed by atoms with E-state index in [0.717, 1.165) is 24.0 Å². The number of amides is 1. The summed E-state index contributed by atoms with van der Waals surface area (Å²) in [5.74, 6) is -0.158. The highest BCUT2D eigenvalue weighted by atomic mass is 16.6. The molecule has 0 saturated carbocycles. The van der Waals surface area contributed by atoms with Crippen molar-refractivity contribution >= 4 is 17.6 Å². The summed E-state index contributed by atoms with van der Waals surface area (Å²) in [6.45, 7) is 7.65. The Morgan fingerprint density at radius 3 is 2.29 bits per heavy atom. The van der Waals surface area contributed by atoms with Gasteiger partial charge in [-0.2, -0.15) is 0 Å². The minimum Gasteiger partial charge on any atom is -0.508 e. The zero-order chi connectivity index (χ0) is 20.5. The standard InChI is InChI=1S/C22H29NO5/c1-5-27-20(25)19-13-16-9-8-15(23(16)21(26)28-22(2,3)4)12-18(19)14-6-10-17(24)11-7-14/h6-7,10-11,15-16,24H,5,8-9,12-13H2,1-4H3. The Labute approximate surface area is 166 Å². The third-order valence-corrected chi connectivity index (χ3v) is 5.21. The number of esters is 1. The van der Waals surface area contributed by atoms with Gasteiger partial charge in [0.05, 0.1) is 6.61 Å². The number of fused-ring (bicyclic) bond motifs is 2. The summed E-state index contributed by atoms with van der Waals surface area (Å²) in [5.41, 5.74) is 1.81. The van der Waals surface area contributed by atoms with Crippen LogP contribution in [0.4, 0.5) is 4.79 Å².